The van der Waals surface area contributed by atoms with Crippen LogP contribution in [0.5, 0.6) is 0 Å². The van der Waals surface area contributed by atoms with Crippen molar-refractivity contribution in [1.82, 2.24) is 0 Å². The van der Waals surface area contributed by atoms with Gasteiger partial charge in [0.05, 0.1) is 11.1 Å². The summed E-state index contributed by atoms with van der Waals surface area (Å²) in [7, 11) is 0. The van der Waals surface area contributed by atoms with Gasteiger partial charge in [-0.25, -0.2) is 4.90 Å². The fourth-order valence-corrected chi connectivity index (χ4v) is 5.58. The van der Waals surface area contributed by atoms with Crippen LogP contribution >= 0.6 is 0 Å². The Bertz CT molecular complexity index is 1200. The maximum absolute atomic E-state index is 13.2. The third-order valence-corrected chi connectivity index (χ3v) is 7.19. The lowest BCUT2D eigenvalue weighted by atomic mass is 9.80. The SMILES string of the molecule is CCC[C@@]1(C(=O)O)CC[C@H](c2ccc(N3C(=O)c4cccc5cccc(c45)C3=O)cc2)C1. The molecule has 1 aliphatic heterocycles. The molecule has 1 N–H and O–H groups in total. The summed E-state index contributed by atoms with van der Waals surface area (Å²) in [6.07, 6.45) is 3.70. The number of aliphatic carboxylic acids is 1. The van der Waals surface area contributed by atoms with Gasteiger partial charge in [0.15, 0.2) is 0 Å². The lowest BCUT2D eigenvalue weighted by molar-refractivity contribution is -0.149. The summed E-state index contributed by atoms with van der Waals surface area (Å²) in [5.74, 6) is -1.16. The second-order valence-corrected chi connectivity index (χ2v) is 9.02. The minimum Gasteiger partial charge on any atom is -0.481 e. The van der Waals surface area contributed by atoms with Gasteiger partial charge < -0.3 is 5.11 Å². The molecule has 5 rings (SSSR count). The molecule has 0 saturated heterocycles. The quantitative estimate of drug-likeness (QED) is 0.524. The van der Waals surface area contributed by atoms with Crippen molar-refractivity contribution in [2.24, 2.45) is 5.41 Å². The van der Waals surface area contributed by atoms with Crippen molar-refractivity contribution in [2.45, 2.75) is 44.9 Å². The maximum atomic E-state index is 13.2. The molecule has 1 saturated carbocycles. The summed E-state index contributed by atoms with van der Waals surface area (Å²) in [5.41, 5.74) is 2.02. The molecular formula is C27H25NO4. The molecule has 162 valence electrons. The molecule has 32 heavy (non-hydrogen) atoms. The zero-order chi connectivity index (χ0) is 22.5. The molecule has 0 bridgehead atoms. The number of imide groups is 1. The molecule has 3 aromatic rings. The van der Waals surface area contributed by atoms with E-state index in [1.54, 1.807) is 24.3 Å². The largest absolute Gasteiger partial charge is 0.481 e. The number of anilines is 1. The Morgan fingerprint density at radius 1 is 1.00 bits per heavy atom. The third kappa shape index (κ3) is 3.03. The summed E-state index contributed by atoms with van der Waals surface area (Å²) >= 11 is 0. The van der Waals surface area contributed by atoms with Crippen LogP contribution in [0.1, 0.15) is 71.2 Å². The number of hydrogen-bond acceptors (Lipinski definition) is 3. The predicted molar refractivity (Wildman–Crippen MR) is 123 cm³/mol. The highest BCUT2D eigenvalue weighted by Crippen LogP contribution is 2.49. The van der Waals surface area contributed by atoms with Crippen molar-refractivity contribution in [3.63, 3.8) is 0 Å². The predicted octanol–water partition coefficient (Wildman–Crippen LogP) is 5.78. The highest BCUT2D eigenvalue weighted by molar-refractivity contribution is 6.35. The number of carboxylic acid groups (broad SMARTS) is 1. The van der Waals surface area contributed by atoms with Gasteiger partial charge in [-0.1, -0.05) is 49.7 Å². The molecule has 2 amide bonds. The Morgan fingerprint density at radius 3 is 2.19 bits per heavy atom. The zero-order valence-corrected chi connectivity index (χ0v) is 18.0. The average Bonchev–Trinajstić information content (AvgIpc) is 3.24. The first-order valence-corrected chi connectivity index (χ1v) is 11.2. The fraction of sp³-hybridized carbons (Fsp3) is 0.296. The molecule has 2 aliphatic rings. The van der Waals surface area contributed by atoms with Gasteiger partial charge in [-0.05, 0) is 66.8 Å². The third-order valence-electron chi connectivity index (χ3n) is 7.19. The number of rotatable bonds is 5. The lowest BCUT2D eigenvalue weighted by Gasteiger charge is -2.27. The zero-order valence-electron chi connectivity index (χ0n) is 18.0. The first-order valence-electron chi connectivity index (χ1n) is 11.2. The normalized spacial score (nSPS) is 22.5. The topological polar surface area (TPSA) is 74.7 Å². The van der Waals surface area contributed by atoms with Crippen LogP contribution in [0, 0.1) is 5.41 Å². The van der Waals surface area contributed by atoms with E-state index in [9.17, 15) is 19.5 Å². The Hall–Kier alpha value is -3.47. The summed E-state index contributed by atoms with van der Waals surface area (Å²) in [6, 6.07) is 18.5. The molecule has 1 heterocycles. The van der Waals surface area contributed by atoms with Crippen LogP contribution in [-0.2, 0) is 4.79 Å². The highest BCUT2D eigenvalue weighted by atomic mass is 16.4. The molecule has 0 aromatic heterocycles. The van der Waals surface area contributed by atoms with Crippen LogP contribution in [0.25, 0.3) is 10.8 Å². The molecular weight excluding hydrogens is 402 g/mol. The van der Waals surface area contributed by atoms with Crippen molar-refractivity contribution in [3.05, 3.63) is 77.4 Å². The van der Waals surface area contributed by atoms with E-state index in [4.69, 9.17) is 0 Å². The maximum Gasteiger partial charge on any atom is 0.309 e. The lowest BCUT2D eigenvalue weighted by Crippen LogP contribution is -2.40. The molecule has 1 fully saturated rings. The van der Waals surface area contributed by atoms with Crippen LogP contribution in [0.3, 0.4) is 0 Å². The fourth-order valence-electron chi connectivity index (χ4n) is 5.58. The molecule has 1 aliphatic carbocycles. The number of carbonyl (C=O) groups excluding carboxylic acids is 2. The van der Waals surface area contributed by atoms with Gasteiger partial charge in [0.1, 0.15) is 0 Å². The number of hydrogen-bond donors (Lipinski definition) is 1. The Labute approximate surface area is 186 Å². The van der Waals surface area contributed by atoms with Crippen LogP contribution in [0.4, 0.5) is 5.69 Å². The first-order chi connectivity index (χ1) is 15.4. The standard InChI is InChI=1S/C27H25NO4/c1-2-14-27(26(31)32)15-13-19(16-27)17-9-11-20(12-10-17)28-24(29)21-7-3-5-18-6-4-8-22(23(18)21)25(28)30/h3-12,19H,2,13-16H2,1H3,(H,31,32)/t19-,27+/m0/s1. The Morgan fingerprint density at radius 2 is 1.62 bits per heavy atom. The number of carbonyl (C=O) groups is 3. The molecule has 5 heteroatoms. The summed E-state index contributed by atoms with van der Waals surface area (Å²) in [4.78, 5) is 39.6. The smallest absolute Gasteiger partial charge is 0.309 e. The van der Waals surface area contributed by atoms with E-state index in [1.165, 1.54) is 4.90 Å². The molecule has 2 atom stereocenters. The van der Waals surface area contributed by atoms with E-state index in [2.05, 4.69) is 0 Å². The van der Waals surface area contributed by atoms with E-state index in [0.717, 1.165) is 23.8 Å². The van der Waals surface area contributed by atoms with Crippen molar-refractivity contribution in [1.29, 1.82) is 0 Å². The average molecular weight is 428 g/mol. The summed E-state index contributed by atoms with van der Waals surface area (Å²) in [6.45, 7) is 2.03. The van der Waals surface area contributed by atoms with E-state index in [1.807, 2.05) is 43.3 Å². The molecule has 5 nitrogen and oxygen atoms in total. The summed E-state index contributed by atoms with van der Waals surface area (Å²) < 4.78 is 0. The molecule has 0 spiro atoms. The first kappa shape index (κ1) is 20.4. The van der Waals surface area contributed by atoms with Gasteiger partial charge in [-0.3, -0.25) is 14.4 Å². The van der Waals surface area contributed by atoms with Crippen molar-refractivity contribution in [2.75, 3.05) is 4.90 Å². The second kappa shape index (κ2) is 7.59. The van der Waals surface area contributed by atoms with E-state index in [-0.39, 0.29) is 17.7 Å². The van der Waals surface area contributed by atoms with Gasteiger partial charge in [-0.15, -0.1) is 0 Å². The van der Waals surface area contributed by atoms with Crippen molar-refractivity contribution in [3.8, 4) is 0 Å². The number of nitrogens with zero attached hydrogens (tertiary/aromatic N) is 1. The summed E-state index contributed by atoms with van der Waals surface area (Å²) in [5, 5.41) is 11.4. The minimum absolute atomic E-state index is 0.175. The Kier molecular flexibility index (Phi) is 4.85. The number of benzene rings is 3. The van der Waals surface area contributed by atoms with Gasteiger partial charge in [0.25, 0.3) is 11.8 Å². The van der Waals surface area contributed by atoms with Crippen LogP contribution in [-0.4, -0.2) is 22.9 Å². The number of carboxylic acids is 1. The van der Waals surface area contributed by atoms with Gasteiger partial charge in [0.2, 0.25) is 0 Å². The van der Waals surface area contributed by atoms with Crippen LogP contribution < -0.4 is 4.90 Å². The minimum atomic E-state index is -0.698. The van der Waals surface area contributed by atoms with Crippen LogP contribution in [0.2, 0.25) is 0 Å². The monoisotopic (exact) mass is 427 g/mol. The van der Waals surface area contributed by atoms with E-state index < -0.39 is 11.4 Å². The Balaban J connectivity index is 1.45. The molecule has 3 aromatic carbocycles. The highest BCUT2D eigenvalue weighted by Gasteiger charge is 2.45. The van der Waals surface area contributed by atoms with Crippen molar-refractivity contribution < 1.29 is 19.5 Å². The van der Waals surface area contributed by atoms with Gasteiger partial charge in [0, 0.05) is 16.5 Å². The molecule has 0 radical (unpaired) electrons. The van der Waals surface area contributed by atoms with Gasteiger partial charge in [-0.2, -0.15) is 0 Å². The van der Waals surface area contributed by atoms with E-state index >= 15 is 0 Å². The van der Waals surface area contributed by atoms with Gasteiger partial charge >= 0.3 is 5.97 Å². The second-order valence-electron chi connectivity index (χ2n) is 9.02. The number of amides is 2. The van der Waals surface area contributed by atoms with Crippen molar-refractivity contribution >= 4 is 34.2 Å². The molecule has 0 unspecified atom stereocenters. The van der Waals surface area contributed by atoms with Crippen LogP contribution in [0.15, 0.2) is 60.7 Å². The van der Waals surface area contributed by atoms with E-state index in [0.29, 0.717) is 41.5 Å².